The number of hydrogen-bond acceptors (Lipinski definition) is 3. The molecule has 0 aromatic carbocycles. The molecule has 0 spiro atoms. The first-order valence-corrected chi connectivity index (χ1v) is 7.43. The molecule has 1 aromatic rings. The molecule has 0 atom stereocenters. The van der Waals surface area contributed by atoms with E-state index in [1.54, 1.807) is 0 Å². The molecule has 5 heteroatoms. The standard InChI is InChI=1S/C15H21F2N3/c16-15(17)4-9-20(10-5-15)14-11-13(3-8-19-14)12-1-6-18-7-2-12/h3,8,11-12,18H,1-2,4-7,9-10H2. The lowest BCUT2D eigenvalue weighted by atomic mass is 9.91. The van der Waals surface area contributed by atoms with Gasteiger partial charge >= 0.3 is 0 Å². The molecule has 3 heterocycles. The summed E-state index contributed by atoms with van der Waals surface area (Å²) in [5.74, 6) is -1.07. The summed E-state index contributed by atoms with van der Waals surface area (Å²) in [7, 11) is 0. The molecule has 0 unspecified atom stereocenters. The fraction of sp³-hybridized carbons (Fsp3) is 0.667. The van der Waals surface area contributed by atoms with Gasteiger partial charge in [0, 0.05) is 32.1 Å². The number of nitrogens with zero attached hydrogens (tertiary/aromatic N) is 2. The molecule has 2 aliphatic rings. The SMILES string of the molecule is FC1(F)CCN(c2cc(C3CCNCC3)ccn2)CC1. The Balaban J connectivity index is 1.71. The van der Waals surface area contributed by atoms with Gasteiger partial charge in [-0.3, -0.25) is 0 Å². The monoisotopic (exact) mass is 281 g/mol. The maximum Gasteiger partial charge on any atom is 0.251 e. The Morgan fingerprint density at radius 3 is 2.60 bits per heavy atom. The number of alkyl halides is 2. The molecule has 2 fully saturated rings. The predicted octanol–water partition coefficient (Wildman–Crippen LogP) is 2.78. The van der Waals surface area contributed by atoms with Gasteiger partial charge in [-0.05, 0) is 49.5 Å². The Morgan fingerprint density at radius 1 is 1.20 bits per heavy atom. The average molecular weight is 281 g/mol. The molecule has 1 N–H and O–H groups in total. The van der Waals surface area contributed by atoms with Crippen LogP contribution in [0.4, 0.5) is 14.6 Å². The van der Waals surface area contributed by atoms with Crippen molar-refractivity contribution in [2.45, 2.75) is 37.5 Å². The van der Waals surface area contributed by atoms with E-state index in [0.717, 1.165) is 31.7 Å². The van der Waals surface area contributed by atoms with E-state index in [9.17, 15) is 8.78 Å². The third-order valence-electron chi connectivity index (χ3n) is 4.40. The van der Waals surface area contributed by atoms with Crippen molar-refractivity contribution in [3.63, 3.8) is 0 Å². The minimum atomic E-state index is -2.50. The van der Waals surface area contributed by atoms with Crippen molar-refractivity contribution in [3.05, 3.63) is 23.9 Å². The minimum absolute atomic E-state index is 0.0632. The van der Waals surface area contributed by atoms with Crippen molar-refractivity contribution < 1.29 is 8.78 Å². The van der Waals surface area contributed by atoms with Crippen molar-refractivity contribution in [2.24, 2.45) is 0 Å². The van der Waals surface area contributed by atoms with Crippen LogP contribution in [0.1, 0.15) is 37.2 Å². The first kappa shape index (κ1) is 13.7. The van der Waals surface area contributed by atoms with Crippen LogP contribution in [0.25, 0.3) is 0 Å². The normalized spacial score (nSPS) is 23.8. The van der Waals surface area contributed by atoms with Gasteiger partial charge < -0.3 is 10.2 Å². The van der Waals surface area contributed by atoms with Crippen LogP contribution in [0.5, 0.6) is 0 Å². The Hall–Kier alpha value is -1.23. The summed E-state index contributed by atoms with van der Waals surface area (Å²) in [4.78, 5) is 6.36. The van der Waals surface area contributed by atoms with E-state index in [-0.39, 0.29) is 12.8 Å². The maximum atomic E-state index is 13.2. The van der Waals surface area contributed by atoms with Gasteiger partial charge in [0.2, 0.25) is 0 Å². The smallest absolute Gasteiger partial charge is 0.251 e. The largest absolute Gasteiger partial charge is 0.356 e. The molecule has 0 bridgehead atoms. The number of anilines is 1. The second-order valence-electron chi connectivity index (χ2n) is 5.81. The topological polar surface area (TPSA) is 28.2 Å². The quantitative estimate of drug-likeness (QED) is 0.903. The zero-order chi connectivity index (χ0) is 14.0. The number of rotatable bonds is 2. The first-order valence-electron chi connectivity index (χ1n) is 7.43. The molecule has 2 aliphatic heterocycles. The number of nitrogens with one attached hydrogen (secondary N) is 1. The second kappa shape index (κ2) is 5.64. The number of hydrogen-bond donors (Lipinski definition) is 1. The third kappa shape index (κ3) is 3.08. The summed E-state index contributed by atoms with van der Waals surface area (Å²) in [6, 6.07) is 4.16. The molecule has 20 heavy (non-hydrogen) atoms. The molecule has 3 nitrogen and oxygen atoms in total. The highest BCUT2D eigenvalue weighted by atomic mass is 19.3. The first-order chi connectivity index (χ1) is 9.64. The average Bonchev–Trinajstić information content (AvgIpc) is 2.48. The van der Waals surface area contributed by atoms with Crippen LogP contribution < -0.4 is 10.2 Å². The van der Waals surface area contributed by atoms with Gasteiger partial charge in [-0.2, -0.15) is 0 Å². The van der Waals surface area contributed by atoms with Gasteiger partial charge in [0.05, 0.1) is 0 Å². The molecule has 3 rings (SSSR count). The highest BCUT2D eigenvalue weighted by molar-refractivity contribution is 5.42. The Kier molecular flexibility index (Phi) is 3.87. The molecule has 0 saturated carbocycles. The Bertz CT molecular complexity index is 448. The van der Waals surface area contributed by atoms with Crippen LogP contribution in [-0.2, 0) is 0 Å². The number of aromatic nitrogens is 1. The van der Waals surface area contributed by atoms with Gasteiger partial charge in [0.15, 0.2) is 0 Å². The van der Waals surface area contributed by atoms with Crippen LogP contribution >= 0.6 is 0 Å². The van der Waals surface area contributed by atoms with E-state index >= 15 is 0 Å². The molecule has 110 valence electrons. The van der Waals surface area contributed by atoms with Crippen molar-refractivity contribution in [1.82, 2.24) is 10.3 Å². The van der Waals surface area contributed by atoms with Gasteiger partial charge in [-0.25, -0.2) is 13.8 Å². The van der Waals surface area contributed by atoms with Crippen LogP contribution in [0, 0.1) is 0 Å². The zero-order valence-electron chi connectivity index (χ0n) is 11.6. The fourth-order valence-electron chi connectivity index (χ4n) is 3.08. The van der Waals surface area contributed by atoms with E-state index in [1.807, 2.05) is 11.1 Å². The van der Waals surface area contributed by atoms with E-state index in [2.05, 4.69) is 22.4 Å². The molecule has 0 radical (unpaired) electrons. The molecule has 1 aromatic heterocycles. The maximum absolute atomic E-state index is 13.2. The zero-order valence-corrected chi connectivity index (χ0v) is 11.6. The minimum Gasteiger partial charge on any atom is -0.356 e. The van der Waals surface area contributed by atoms with Crippen LogP contribution in [0.3, 0.4) is 0 Å². The summed E-state index contributed by atoms with van der Waals surface area (Å²) in [6.45, 7) is 2.90. The lowest BCUT2D eigenvalue weighted by Gasteiger charge is -2.33. The lowest BCUT2D eigenvalue weighted by molar-refractivity contribution is -0.0221. The summed E-state index contributed by atoms with van der Waals surface area (Å²) in [5, 5.41) is 3.36. The van der Waals surface area contributed by atoms with Gasteiger partial charge in [-0.1, -0.05) is 0 Å². The molecular weight excluding hydrogens is 260 g/mol. The Labute approximate surface area is 118 Å². The van der Waals surface area contributed by atoms with Crippen LogP contribution in [0.2, 0.25) is 0 Å². The summed E-state index contributed by atoms with van der Waals surface area (Å²) >= 11 is 0. The van der Waals surface area contributed by atoms with E-state index in [0.29, 0.717) is 19.0 Å². The summed E-state index contributed by atoms with van der Waals surface area (Å²) in [6.07, 6.45) is 3.97. The van der Waals surface area contributed by atoms with Crippen LogP contribution in [0.15, 0.2) is 18.3 Å². The lowest BCUT2D eigenvalue weighted by Crippen LogP contribution is -2.39. The Morgan fingerprint density at radius 2 is 1.90 bits per heavy atom. The highest BCUT2D eigenvalue weighted by Gasteiger charge is 2.34. The van der Waals surface area contributed by atoms with Gasteiger partial charge in [0.1, 0.15) is 5.82 Å². The van der Waals surface area contributed by atoms with E-state index in [4.69, 9.17) is 0 Å². The van der Waals surface area contributed by atoms with E-state index in [1.165, 1.54) is 5.56 Å². The number of piperidine rings is 2. The van der Waals surface area contributed by atoms with Crippen LogP contribution in [-0.4, -0.2) is 37.1 Å². The number of pyridine rings is 1. The molecule has 0 amide bonds. The highest BCUT2D eigenvalue weighted by Crippen LogP contribution is 2.31. The van der Waals surface area contributed by atoms with Gasteiger partial charge in [-0.15, -0.1) is 0 Å². The molecular formula is C15H21F2N3. The molecule has 2 saturated heterocycles. The van der Waals surface area contributed by atoms with Crippen molar-refractivity contribution in [2.75, 3.05) is 31.1 Å². The summed E-state index contributed by atoms with van der Waals surface area (Å²) < 4.78 is 26.4. The third-order valence-corrected chi connectivity index (χ3v) is 4.40. The fourth-order valence-corrected chi connectivity index (χ4v) is 3.08. The second-order valence-corrected chi connectivity index (χ2v) is 5.81. The van der Waals surface area contributed by atoms with Crippen molar-refractivity contribution in [3.8, 4) is 0 Å². The van der Waals surface area contributed by atoms with Crippen molar-refractivity contribution in [1.29, 1.82) is 0 Å². The summed E-state index contributed by atoms with van der Waals surface area (Å²) in [5.41, 5.74) is 1.30. The van der Waals surface area contributed by atoms with Crippen molar-refractivity contribution >= 4 is 5.82 Å². The van der Waals surface area contributed by atoms with Gasteiger partial charge in [0.25, 0.3) is 5.92 Å². The van der Waals surface area contributed by atoms with E-state index < -0.39 is 5.92 Å². The number of halogens is 2. The molecule has 0 aliphatic carbocycles. The predicted molar refractivity (Wildman–Crippen MR) is 75.5 cm³/mol.